The number of hydrogen-bond acceptors (Lipinski definition) is 4. The van der Waals surface area contributed by atoms with Crippen molar-refractivity contribution >= 4 is 33.2 Å². The molecule has 0 aliphatic carbocycles. The van der Waals surface area contributed by atoms with Crippen LogP contribution in [0.15, 0.2) is 16.6 Å². The molecular weight excluding hydrogens is 310 g/mol. The van der Waals surface area contributed by atoms with Crippen molar-refractivity contribution in [1.29, 1.82) is 0 Å². The van der Waals surface area contributed by atoms with Crippen LogP contribution < -0.4 is 15.5 Å². The quantitative estimate of drug-likeness (QED) is 0.865. The highest BCUT2D eigenvalue weighted by molar-refractivity contribution is 9.10. The minimum atomic E-state index is -0.259. The number of halogens is 1. The molecule has 1 amide bonds. The van der Waals surface area contributed by atoms with Gasteiger partial charge in [0.1, 0.15) is 6.04 Å². The van der Waals surface area contributed by atoms with Crippen LogP contribution in [0.4, 0.5) is 11.4 Å². The van der Waals surface area contributed by atoms with Gasteiger partial charge in [0.2, 0.25) is 5.91 Å². The molecule has 1 aromatic rings. The Kier molecular flexibility index (Phi) is 3.47. The Balaban J connectivity index is 1.96. The Morgan fingerprint density at radius 3 is 2.84 bits per heavy atom. The second kappa shape index (κ2) is 5.11. The van der Waals surface area contributed by atoms with E-state index >= 15 is 0 Å². The zero-order chi connectivity index (χ0) is 13.4. The first kappa shape index (κ1) is 12.9. The van der Waals surface area contributed by atoms with Gasteiger partial charge in [0.15, 0.2) is 0 Å². The molecule has 0 spiro atoms. The number of nitrogens with one attached hydrogen (secondary N) is 2. The van der Waals surface area contributed by atoms with Gasteiger partial charge in [-0.15, -0.1) is 0 Å². The van der Waals surface area contributed by atoms with Gasteiger partial charge in [0.05, 0.1) is 18.9 Å². The van der Waals surface area contributed by atoms with Crippen molar-refractivity contribution in [3.05, 3.63) is 22.2 Å². The van der Waals surface area contributed by atoms with Gasteiger partial charge in [-0.3, -0.25) is 4.79 Å². The van der Waals surface area contributed by atoms with Crippen molar-refractivity contribution in [2.75, 3.05) is 43.6 Å². The first-order valence-corrected chi connectivity index (χ1v) is 7.14. The van der Waals surface area contributed by atoms with E-state index < -0.39 is 0 Å². The molecule has 2 aliphatic heterocycles. The third-order valence-electron chi connectivity index (χ3n) is 3.59. The molecule has 3 rings (SSSR count). The van der Waals surface area contributed by atoms with Gasteiger partial charge in [0.25, 0.3) is 0 Å². The Morgan fingerprint density at radius 1 is 1.42 bits per heavy atom. The molecule has 5 nitrogen and oxygen atoms in total. The normalized spacial score (nSPS) is 22.3. The SMILES string of the molecule is CNC1C(=O)Nc2cc(N3CCOCC3)c(Br)cc21. The number of ether oxygens (including phenoxy) is 1. The Labute approximate surface area is 120 Å². The molecule has 0 saturated carbocycles. The number of anilines is 2. The summed E-state index contributed by atoms with van der Waals surface area (Å²) in [5, 5.41) is 5.95. The van der Waals surface area contributed by atoms with E-state index in [9.17, 15) is 4.79 Å². The van der Waals surface area contributed by atoms with E-state index in [4.69, 9.17) is 4.74 Å². The number of amides is 1. The first-order valence-electron chi connectivity index (χ1n) is 6.35. The van der Waals surface area contributed by atoms with Crippen molar-refractivity contribution in [3.8, 4) is 0 Å². The summed E-state index contributed by atoms with van der Waals surface area (Å²) in [6.07, 6.45) is 0. The number of carbonyl (C=O) groups is 1. The van der Waals surface area contributed by atoms with Crippen LogP contribution in [0.5, 0.6) is 0 Å². The predicted octanol–water partition coefficient (Wildman–Crippen LogP) is 1.50. The molecule has 2 aliphatic rings. The van der Waals surface area contributed by atoms with E-state index in [1.165, 1.54) is 0 Å². The van der Waals surface area contributed by atoms with Crippen LogP contribution in [0, 0.1) is 0 Å². The molecule has 19 heavy (non-hydrogen) atoms. The minimum absolute atomic E-state index is 0.00327. The lowest BCUT2D eigenvalue weighted by molar-refractivity contribution is -0.117. The zero-order valence-electron chi connectivity index (χ0n) is 10.7. The molecule has 1 unspecified atom stereocenters. The Hall–Kier alpha value is -1.11. The average Bonchev–Trinajstić information content (AvgIpc) is 2.73. The summed E-state index contributed by atoms with van der Waals surface area (Å²) in [5.74, 6) is 0.00327. The van der Waals surface area contributed by atoms with Crippen LogP contribution in [0.2, 0.25) is 0 Å². The number of hydrogen-bond donors (Lipinski definition) is 2. The van der Waals surface area contributed by atoms with Crippen LogP contribution in [0.1, 0.15) is 11.6 Å². The number of morpholine rings is 1. The van der Waals surface area contributed by atoms with E-state index in [2.05, 4.69) is 31.5 Å². The third-order valence-corrected chi connectivity index (χ3v) is 4.23. The van der Waals surface area contributed by atoms with E-state index in [1.54, 1.807) is 7.05 Å². The van der Waals surface area contributed by atoms with Gasteiger partial charge >= 0.3 is 0 Å². The number of carbonyl (C=O) groups excluding carboxylic acids is 1. The number of rotatable bonds is 2. The second-order valence-electron chi connectivity index (χ2n) is 4.70. The molecule has 1 atom stereocenters. The van der Waals surface area contributed by atoms with Crippen molar-refractivity contribution < 1.29 is 9.53 Å². The van der Waals surface area contributed by atoms with E-state index in [-0.39, 0.29) is 11.9 Å². The monoisotopic (exact) mass is 325 g/mol. The summed E-state index contributed by atoms with van der Waals surface area (Å²) in [4.78, 5) is 14.1. The summed E-state index contributed by atoms with van der Waals surface area (Å²) in [6.45, 7) is 3.24. The van der Waals surface area contributed by atoms with Gasteiger partial charge < -0.3 is 20.3 Å². The fourth-order valence-electron chi connectivity index (χ4n) is 2.60. The predicted molar refractivity (Wildman–Crippen MR) is 77.6 cm³/mol. The summed E-state index contributed by atoms with van der Waals surface area (Å²) in [5.41, 5.74) is 3.00. The lowest BCUT2D eigenvalue weighted by Crippen LogP contribution is -2.36. The summed E-state index contributed by atoms with van der Waals surface area (Å²) >= 11 is 3.61. The number of fused-ring (bicyclic) bond motifs is 1. The molecule has 0 bridgehead atoms. The molecule has 2 N–H and O–H groups in total. The maximum Gasteiger partial charge on any atom is 0.246 e. The molecule has 1 saturated heterocycles. The van der Waals surface area contributed by atoms with Crippen molar-refractivity contribution in [3.63, 3.8) is 0 Å². The highest BCUT2D eigenvalue weighted by Crippen LogP contribution is 2.39. The number of benzene rings is 1. The topological polar surface area (TPSA) is 53.6 Å². The van der Waals surface area contributed by atoms with Gasteiger partial charge in [-0.1, -0.05) is 0 Å². The number of nitrogens with zero attached hydrogens (tertiary/aromatic N) is 1. The molecule has 1 aromatic carbocycles. The fraction of sp³-hybridized carbons (Fsp3) is 0.462. The highest BCUT2D eigenvalue weighted by atomic mass is 79.9. The average molecular weight is 326 g/mol. The van der Waals surface area contributed by atoms with Gasteiger partial charge in [-0.2, -0.15) is 0 Å². The summed E-state index contributed by atoms with van der Waals surface area (Å²) in [6, 6.07) is 3.81. The van der Waals surface area contributed by atoms with Crippen molar-refractivity contribution in [2.45, 2.75) is 6.04 Å². The zero-order valence-corrected chi connectivity index (χ0v) is 12.3. The lowest BCUT2D eigenvalue weighted by atomic mass is 10.1. The van der Waals surface area contributed by atoms with Gasteiger partial charge in [0, 0.05) is 28.8 Å². The molecule has 0 aromatic heterocycles. The van der Waals surface area contributed by atoms with E-state index in [0.717, 1.165) is 47.7 Å². The molecule has 6 heteroatoms. The lowest BCUT2D eigenvalue weighted by Gasteiger charge is -2.30. The smallest absolute Gasteiger partial charge is 0.246 e. The molecular formula is C13H16BrN3O2. The maximum absolute atomic E-state index is 11.8. The minimum Gasteiger partial charge on any atom is -0.378 e. The van der Waals surface area contributed by atoms with Crippen LogP contribution >= 0.6 is 15.9 Å². The van der Waals surface area contributed by atoms with Crippen LogP contribution in [0.25, 0.3) is 0 Å². The third kappa shape index (κ3) is 2.24. The second-order valence-corrected chi connectivity index (χ2v) is 5.56. The molecule has 1 fully saturated rings. The largest absolute Gasteiger partial charge is 0.378 e. The summed E-state index contributed by atoms with van der Waals surface area (Å²) < 4.78 is 6.39. The molecule has 2 heterocycles. The van der Waals surface area contributed by atoms with Crippen LogP contribution in [0.3, 0.4) is 0 Å². The first-order chi connectivity index (χ1) is 9.20. The Bertz CT molecular complexity index is 515. The Morgan fingerprint density at radius 2 is 2.16 bits per heavy atom. The van der Waals surface area contributed by atoms with Crippen molar-refractivity contribution in [1.82, 2.24) is 5.32 Å². The van der Waals surface area contributed by atoms with Crippen LogP contribution in [-0.4, -0.2) is 39.3 Å². The molecule has 102 valence electrons. The number of likely N-dealkylation sites (N-methyl/N-ethyl adjacent to an activating group) is 1. The fourth-order valence-corrected chi connectivity index (χ4v) is 3.22. The van der Waals surface area contributed by atoms with Gasteiger partial charge in [-0.25, -0.2) is 0 Å². The van der Waals surface area contributed by atoms with Crippen LogP contribution in [-0.2, 0) is 9.53 Å². The van der Waals surface area contributed by atoms with E-state index in [0.29, 0.717) is 0 Å². The highest BCUT2D eigenvalue weighted by Gasteiger charge is 2.30. The summed E-state index contributed by atoms with van der Waals surface area (Å²) in [7, 11) is 1.79. The maximum atomic E-state index is 11.8. The van der Waals surface area contributed by atoms with E-state index in [1.807, 2.05) is 12.1 Å². The van der Waals surface area contributed by atoms with Gasteiger partial charge in [-0.05, 0) is 35.1 Å². The van der Waals surface area contributed by atoms with Crippen molar-refractivity contribution in [2.24, 2.45) is 0 Å². The molecule has 0 radical (unpaired) electrons. The standard InChI is InChI=1S/C13H16BrN3O2/c1-15-12-8-6-9(14)11(7-10(8)16-13(12)18)17-2-4-19-5-3-17/h6-7,12,15H,2-5H2,1H3,(H,16,18).